The molecule has 1 aromatic heterocycles. The predicted molar refractivity (Wildman–Crippen MR) is 130 cm³/mol. The van der Waals surface area contributed by atoms with Crippen LogP contribution >= 0.6 is 0 Å². The zero-order valence-electron chi connectivity index (χ0n) is 19.5. The van der Waals surface area contributed by atoms with Crippen molar-refractivity contribution in [3.63, 3.8) is 0 Å². The quantitative estimate of drug-likeness (QED) is 0.704. The number of likely N-dealkylation sites (N-methyl/N-ethyl adjacent to an activating group) is 1. The summed E-state index contributed by atoms with van der Waals surface area (Å²) in [7, 11) is 2.07. The Morgan fingerprint density at radius 3 is 2.74 bits per heavy atom. The summed E-state index contributed by atoms with van der Waals surface area (Å²) in [6.45, 7) is 7.60. The molecule has 2 saturated heterocycles. The maximum atomic E-state index is 13.3. The number of likely N-dealkylation sites (tertiary alicyclic amines) is 1. The van der Waals surface area contributed by atoms with Crippen LogP contribution < -0.4 is 5.32 Å². The van der Waals surface area contributed by atoms with E-state index in [2.05, 4.69) is 28.8 Å². The van der Waals surface area contributed by atoms with Gasteiger partial charge in [-0.3, -0.25) is 9.78 Å². The summed E-state index contributed by atoms with van der Waals surface area (Å²) < 4.78 is 5.42. The number of piperazine rings is 1. The minimum atomic E-state index is -0.351. The number of rotatable bonds is 4. The maximum absolute atomic E-state index is 13.3. The van der Waals surface area contributed by atoms with Crippen molar-refractivity contribution in [2.24, 2.45) is 5.92 Å². The molecule has 0 radical (unpaired) electrons. The van der Waals surface area contributed by atoms with Crippen molar-refractivity contribution in [3.05, 3.63) is 72.1 Å². The molecule has 1 unspecified atom stereocenters. The number of benzene rings is 1. The van der Waals surface area contributed by atoms with Crippen LogP contribution in [-0.4, -0.2) is 78.1 Å². The van der Waals surface area contributed by atoms with E-state index in [0.717, 1.165) is 49.5 Å². The molecule has 4 heterocycles. The second kappa shape index (κ2) is 9.46. The average molecular weight is 462 g/mol. The van der Waals surface area contributed by atoms with E-state index in [9.17, 15) is 9.59 Å². The first-order valence-electron chi connectivity index (χ1n) is 11.9. The lowest BCUT2D eigenvalue weighted by Crippen LogP contribution is -2.47. The van der Waals surface area contributed by atoms with E-state index in [4.69, 9.17) is 4.74 Å². The zero-order valence-corrected chi connectivity index (χ0v) is 19.5. The highest BCUT2D eigenvalue weighted by atomic mass is 16.6. The Bertz CT molecular complexity index is 1070. The SMILES string of the molecule is C=CCOC(=O)N1CC[C@H]2C(c3ccccn3)Nc3ccc(C(=O)N4CCN(C)CC4)cc3[C@H]21. The third kappa shape index (κ3) is 4.14. The molecule has 8 heteroatoms. The van der Waals surface area contributed by atoms with Crippen LogP contribution in [0.2, 0.25) is 0 Å². The molecule has 8 nitrogen and oxygen atoms in total. The second-order valence-electron chi connectivity index (χ2n) is 9.23. The second-order valence-corrected chi connectivity index (χ2v) is 9.23. The third-order valence-corrected chi connectivity index (χ3v) is 7.16. The van der Waals surface area contributed by atoms with Crippen molar-refractivity contribution in [2.75, 3.05) is 51.7 Å². The molecule has 178 valence electrons. The number of nitrogens with one attached hydrogen (secondary N) is 1. The Labute approximate surface area is 200 Å². The number of aromatic nitrogens is 1. The zero-order chi connectivity index (χ0) is 23.7. The lowest BCUT2D eigenvalue weighted by molar-refractivity contribution is 0.0664. The number of anilines is 1. The van der Waals surface area contributed by atoms with Gasteiger partial charge in [-0.1, -0.05) is 18.7 Å². The van der Waals surface area contributed by atoms with E-state index >= 15 is 0 Å². The highest BCUT2D eigenvalue weighted by Crippen LogP contribution is 2.51. The summed E-state index contributed by atoms with van der Waals surface area (Å²) in [6, 6.07) is 11.5. The fourth-order valence-electron chi connectivity index (χ4n) is 5.37. The van der Waals surface area contributed by atoms with Crippen LogP contribution in [0.15, 0.2) is 55.3 Å². The van der Waals surface area contributed by atoms with Gasteiger partial charge in [0.25, 0.3) is 5.91 Å². The first-order chi connectivity index (χ1) is 16.6. The number of ether oxygens (including phenoxy) is 1. The molecule has 2 amide bonds. The van der Waals surface area contributed by atoms with Crippen LogP contribution in [0.25, 0.3) is 0 Å². The van der Waals surface area contributed by atoms with Gasteiger partial charge in [0.05, 0.1) is 17.8 Å². The van der Waals surface area contributed by atoms with E-state index < -0.39 is 0 Å². The van der Waals surface area contributed by atoms with Gasteiger partial charge in [0.15, 0.2) is 0 Å². The minimum Gasteiger partial charge on any atom is -0.445 e. The van der Waals surface area contributed by atoms with Crippen molar-refractivity contribution in [3.8, 4) is 0 Å². The van der Waals surface area contributed by atoms with E-state index in [1.807, 2.05) is 41.3 Å². The minimum absolute atomic E-state index is 0.0323. The first kappa shape index (κ1) is 22.4. The summed E-state index contributed by atoms with van der Waals surface area (Å²) in [6.07, 6.45) is 3.84. The highest BCUT2D eigenvalue weighted by Gasteiger charge is 2.47. The summed E-state index contributed by atoms with van der Waals surface area (Å²) in [5.74, 6) is 0.158. The van der Waals surface area contributed by atoms with Crippen molar-refractivity contribution in [2.45, 2.75) is 18.5 Å². The maximum Gasteiger partial charge on any atom is 0.410 e. The molecule has 0 saturated carbocycles. The van der Waals surface area contributed by atoms with Crippen molar-refractivity contribution < 1.29 is 14.3 Å². The fraction of sp³-hybridized carbons (Fsp3) is 0.423. The van der Waals surface area contributed by atoms with Crippen LogP contribution in [-0.2, 0) is 4.74 Å². The Balaban J connectivity index is 1.50. The molecule has 2 fully saturated rings. The number of hydrogen-bond acceptors (Lipinski definition) is 6. The fourth-order valence-corrected chi connectivity index (χ4v) is 5.37. The molecule has 0 bridgehead atoms. The summed E-state index contributed by atoms with van der Waals surface area (Å²) >= 11 is 0. The van der Waals surface area contributed by atoms with Gasteiger partial charge in [-0.05, 0) is 49.4 Å². The number of carbonyl (C=O) groups is 2. The van der Waals surface area contributed by atoms with Crippen LogP contribution in [0.5, 0.6) is 0 Å². The van der Waals surface area contributed by atoms with Gasteiger partial charge in [0.2, 0.25) is 0 Å². The Morgan fingerprint density at radius 2 is 2.00 bits per heavy atom. The topological polar surface area (TPSA) is 78.0 Å². The van der Waals surface area contributed by atoms with Crippen LogP contribution in [0.3, 0.4) is 0 Å². The van der Waals surface area contributed by atoms with Gasteiger partial charge in [-0.15, -0.1) is 0 Å². The number of hydrogen-bond donors (Lipinski definition) is 1. The number of nitrogens with zero attached hydrogens (tertiary/aromatic N) is 4. The molecule has 3 aliphatic rings. The number of carbonyl (C=O) groups excluding carboxylic acids is 2. The van der Waals surface area contributed by atoms with Crippen molar-refractivity contribution in [1.82, 2.24) is 19.7 Å². The molecule has 0 aliphatic carbocycles. The van der Waals surface area contributed by atoms with E-state index in [1.165, 1.54) is 0 Å². The molecule has 2 aromatic rings. The number of fused-ring (bicyclic) bond motifs is 3. The molecule has 0 spiro atoms. The Kier molecular flexibility index (Phi) is 6.24. The first-order valence-corrected chi connectivity index (χ1v) is 11.9. The lowest BCUT2D eigenvalue weighted by Gasteiger charge is -2.39. The van der Waals surface area contributed by atoms with E-state index in [1.54, 1.807) is 17.2 Å². The van der Waals surface area contributed by atoms with Crippen LogP contribution in [0.1, 0.15) is 40.1 Å². The summed E-state index contributed by atoms with van der Waals surface area (Å²) in [5.41, 5.74) is 3.49. The number of pyridine rings is 1. The van der Waals surface area contributed by atoms with E-state index in [0.29, 0.717) is 12.1 Å². The van der Waals surface area contributed by atoms with Crippen molar-refractivity contribution in [1.29, 1.82) is 0 Å². The molecule has 5 rings (SSSR count). The molecular weight excluding hydrogens is 430 g/mol. The lowest BCUT2D eigenvalue weighted by atomic mass is 9.81. The van der Waals surface area contributed by atoms with Gasteiger partial charge < -0.3 is 24.8 Å². The summed E-state index contributed by atoms with van der Waals surface area (Å²) in [4.78, 5) is 36.8. The van der Waals surface area contributed by atoms with Gasteiger partial charge in [-0.25, -0.2) is 4.79 Å². The molecular formula is C26H31N5O3. The van der Waals surface area contributed by atoms with Gasteiger partial charge in [-0.2, -0.15) is 0 Å². The van der Waals surface area contributed by atoms with E-state index in [-0.39, 0.29) is 36.6 Å². The summed E-state index contributed by atoms with van der Waals surface area (Å²) in [5, 5.41) is 3.65. The van der Waals surface area contributed by atoms with Gasteiger partial charge in [0.1, 0.15) is 6.61 Å². The average Bonchev–Trinajstić information content (AvgIpc) is 3.33. The highest BCUT2D eigenvalue weighted by molar-refractivity contribution is 5.95. The predicted octanol–water partition coefficient (Wildman–Crippen LogP) is 3.32. The molecule has 34 heavy (non-hydrogen) atoms. The Morgan fingerprint density at radius 1 is 1.18 bits per heavy atom. The van der Waals surface area contributed by atoms with Gasteiger partial charge in [0, 0.05) is 56.1 Å². The van der Waals surface area contributed by atoms with Crippen LogP contribution in [0.4, 0.5) is 10.5 Å². The normalized spacial score (nSPS) is 24.1. The Hall–Kier alpha value is -3.39. The standard InChI is InChI=1S/C26H31N5O3/c1-3-16-34-26(33)31-11-9-19-23(22-6-4-5-10-27-22)28-21-8-7-18(17-20(21)24(19)31)25(32)30-14-12-29(2)13-15-30/h3-8,10,17,19,23-24,28H,1,9,11-16H2,2H3/t19-,23?,24-/m0/s1. The molecule has 3 atom stereocenters. The molecule has 1 N–H and O–H groups in total. The van der Waals surface area contributed by atoms with Crippen molar-refractivity contribution >= 4 is 17.7 Å². The smallest absolute Gasteiger partial charge is 0.410 e. The monoisotopic (exact) mass is 461 g/mol. The largest absolute Gasteiger partial charge is 0.445 e. The molecule has 3 aliphatic heterocycles. The van der Waals surface area contributed by atoms with Crippen LogP contribution in [0, 0.1) is 5.92 Å². The number of amides is 2. The van der Waals surface area contributed by atoms with Gasteiger partial charge >= 0.3 is 6.09 Å². The third-order valence-electron chi connectivity index (χ3n) is 7.16. The molecule has 1 aromatic carbocycles.